The van der Waals surface area contributed by atoms with Crippen LogP contribution in [0.1, 0.15) is 0 Å². The first-order valence-corrected chi connectivity index (χ1v) is 4.08. The van der Waals surface area contributed by atoms with Gasteiger partial charge in [0, 0.05) is 5.56 Å². The molecule has 0 unspecified atom stereocenters. The van der Waals surface area contributed by atoms with Gasteiger partial charge in [-0.1, -0.05) is 12.1 Å². The first-order chi connectivity index (χ1) is 6.92. The number of alkyl halides is 1. The van der Waals surface area contributed by atoms with E-state index < -0.39 is 6.86 Å². The summed E-state index contributed by atoms with van der Waals surface area (Å²) in [4.78, 5) is 3.96. The topological polar surface area (TPSA) is 35.3 Å². The van der Waals surface area contributed by atoms with Crippen LogP contribution >= 0.6 is 0 Å². The van der Waals surface area contributed by atoms with E-state index in [1.165, 1.54) is 12.7 Å². The molecule has 0 aliphatic heterocycles. The molecule has 2 aromatic rings. The van der Waals surface area contributed by atoms with Crippen LogP contribution in [0.5, 0.6) is 5.75 Å². The Morgan fingerprint density at radius 2 is 2.21 bits per heavy atom. The number of nitrogens with zero attached hydrogens (tertiary/aromatic N) is 1. The van der Waals surface area contributed by atoms with Crippen molar-refractivity contribution in [2.24, 2.45) is 0 Å². The zero-order chi connectivity index (χ0) is 9.80. The first-order valence-electron chi connectivity index (χ1n) is 4.08. The van der Waals surface area contributed by atoms with Crippen molar-refractivity contribution in [1.82, 2.24) is 4.98 Å². The maximum absolute atomic E-state index is 12.0. The molecule has 0 aliphatic carbocycles. The minimum absolute atomic E-state index is 0.462. The number of benzene rings is 1. The van der Waals surface area contributed by atoms with Gasteiger partial charge in [-0.15, -0.1) is 0 Å². The van der Waals surface area contributed by atoms with Crippen molar-refractivity contribution >= 4 is 0 Å². The van der Waals surface area contributed by atoms with Gasteiger partial charge in [0.2, 0.25) is 6.86 Å². The molecule has 0 saturated heterocycles. The quantitative estimate of drug-likeness (QED) is 0.751. The highest BCUT2D eigenvalue weighted by Gasteiger charge is 2.07. The van der Waals surface area contributed by atoms with Crippen molar-refractivity contribution in [3.05, 3.63) is 36.9 Å². The number of rotatable bonds is 3. The number of hydrogen-bond acceptors (Lipinski definition) is 3. The molecule has 0 N–H and O–H groups in total. The van der Waals surface area contributed by atoms with Crippen molar-refractivity contribution in [3.63, 3.8) is 0 Å². The molecular formula is C10H8FNO2. The molecule has 0 saturated carbocycles. The van der Waals surface area contributed by atoms with E-state index in [9.17, 15) is 4.39 Å². The van der Waals surface area contributed by atoms with Crippen LogP contribution in [0.2, 0.25) is 0 Å². The minimum atomic E-state index is -0.852. The molecule has 4 heteroatoms. The van der Waals surface area contributed by atoms with Crippen LogP contribution in [0.25, 0.3) is 11.3 Å². The van der Waals surface area contributed by atoms with Gasteiger partial charge in [0.25, 0.3) is 0 Å². The van der Waals surface area contributed by atoms with E-state index in [4.69, 9.17) is 9.15 Å². The van der Waals surface area contributed by atoms with E-state index in [0.29, 0.717) is 11.4 Å². The number of oxazole rings is 1. The fourth-order valence-electron chi connectivity index (χ4n) is 1.21. The van der Waals surface area contributed by atoms with Crippen LogP contribution in [0, 0.1) is 0 Å². The molecule has 0 amide bonds. The molecule has 1 heterocycles. The van der Waals surface area contributed by atoms with Gasteiger partial charge in [0.1, 0.15) is 17.7 Å². The van der Waals surface area contributed by atoms with Gasteiger partial charge in [-0.05, 0) is 12.1 Å². The average Bonchev–Trinajstić information content (AvgIpc) is 2.72. The molecule has 14 heavy (non-hydrogen) atoms. The second kappa shape index (κ2) is 3.91. The highest BCUT2D eigenvalue weighted by atomic mass is 19.1. The van der Waals surface area contributed by atoms with Gasteiger partial charge in [-0.3, -0.25) is 0 Å². The SMILES string of the molecule is FCOc1ccccc1-c1cocn1. The van der Waals surface area contributed by atoms with Crippen LogP contribution in [0.15, 0.2) is 41.3 Å². The summed E-state index contributed by atoms with van der Waals surface area (Å²) < 4.78 is 21.7. The Labute approximate surface area is 80.1 Å². The predicted octanol–water partition coefficient (Wildman–Crippen LogP) is 2.65. The van der Waals surface area contributed by atoms with Crippen LogP contribution in [-0.4, -0.2) is 11.8 Å². The Balaban J connectivity index is 2.42. The van der Waals surface area contributed by atoms with Gasteiger partial charge in [-0.2, -0.15) is 0 Å². The number of para-hydroxylation sites is 1. The smallest absolute Gasteiger partial charge is 0.228 e. The third-order valence-corrected chi connectivity index (χ3v) is 1.81. The van der Waals surface area contributed by atoms with Gasteiger partial charge in [-0.25, -0.2) is 9.37 Å². The molecule has 0 atom stereocenters. The molecule has 1 aromatic heterocycles. The normalized spacial score (nSPS) is 10.1. The van der Waals surface area contributed by atoms with Gasteiger partial charge < -0.3 is 9.15 Å². The molecule has 72 valence electrons. The van der Waals surface area contributed by atoms with Crippen LogP contribution in [0.3, 0.4) is 0 Å². The number of aromatic nitrogens is 1. The summed E-state index contributed by atoms with van der Waals surface area (Å²) in [6.45, 7) is -0.852. The molecule has 0 radical (unpaired) electrons. The zero-order valence-corrected chi connectivity index (χ0v) is 7.31. The molecule has 0 aliphatic rings. The van der Waals surface area contributed by atoms with Crippen molar-refractivity contribution in [2.75, 3.05) is 6.86 Å². The molecular weight excluding hydrogens is 185 g/mol. The lowest BCUT2D eigenvalue weighted by Crippen LogP contribution is -1.92. The standard InChI is InChI=1S/C10H8FNO2/c11-6-14-10-4-2-1-3-8(10)9-5-13-7-12-9/h1-5,7H,6H2. The maximum Gasteiger partial charge on any atom is 0.228 e. The first kappa shape index (κ1) is 8.74. The van der Waals surface area contributed by atoms with E-state index >= 15 is 0 Å². The third kappa shape index (κ3) is 1.59. The van der Waals surface area contributed by atoms with E-state index in [1.807, 2.05) is 6.07 Å². The molecule has 2 rings (SSSR count). The van der Waals surface area contributed by atoms with Gasteiger partial charge in [0.05, 0.1) is 0 Å². The monoisotopic (exact) mass is 193 g/mol. The molecule has 0 bridgehead atoms. The lowest BCUT2D eigenvalue weighted by molar-refractivity contribution is 0.192. The summed E-state index contributed by atoms with van der Waals surface area (Å²) in [7, 11) is 0. The second-order valence-electron chi connectivity index (χ2n) is 2.62. The molecule has 1 aromatic carbocycles. The Morgan fingerprint density at radius 1 is 1.36 bits per heavy atom. The maximum atomic E-state index is 12.0. The summed E-state index contributed by atoms with van der Waals surface area (Å²) in [5.74, 6) is 0.462. The van der Waals surface area contributed by atoms with Crippen molar-refractivity contribution in [1.29, 1.82) is 0 Å². The van der Waals surface area contributed by atoms with Crippen molar-refractivity contribution < 1.29 is 13.5 Å². The minimum Gasteiger partial charge on any atom is -0.462 e. The van der Waals surface area contributed by atoms with Crippen LogP contribution in [0.4, 0.5) is 4.39 Å². The summed E-state index contributed by atoms with van der Waals surface area (Å²) in [6, 6.07) is 7.08. The lowest BCUT2D eigenvalue weighted by Gasteiger charge is -2.05. The number of hydrogen-bond donors (Lipinski definition) is 0. The average molecular weight is 193 g/mol. The Hall–Kier alpha value is -1.84. The molecule has 0 spiro atoms. The second-order valence-corrected chi connectivity index (χ2v) is 2.62. The fourth-order valence-corrected chi connectivity index (χ4v) is 1.21. The molecule has 0 fully saturated rings. The molecule has 3 nitrogen and oxygen atoms in total. The van der Waals surface area contributed by atoms with E-state index in [0.717, 1.165) is 5.56 Å². The zero-order valence-electron chi connectivity index (χ0n) is 7.31. The summed E-state index contributed by atoms with van der Waals surface area (Å²) >= 11 is 0. The van der Waals surface area contributed by atoms with E-state index in [1.54, 1.807) is 18.2 Å². The predicted molar refractivity (Wildman–Crippen MR) is 48.5 cm³/mol. The highest BCUT2D eigenvalue weighted by Crippen LogP contribution is 2.28. The summed E-state index contributed by atoms with van der Waals surface area (Å²) in [5, 5.41) is 0. The summed E-state index contributed by atoms with van der Waals surface area (Å²) in [5.41, 5.74) is 1.35. The van der Waals surface area contributed by atoms with Gasteiger partial charge in [0.15, 0.2) is 6.39 Å². The highest BCUT2D eigenvalue weighted by molar-refractivity contribution is 5.65. The van der Waals surface area contributed by atoms with Gasteiger partial charge >= 0.3 is 0 Å². The lowest BCUT2D eigenvalue weighted by atomic mass is 10.1. The largest absolute Gasteiger partial charge is 0.462 e. The van der Waals surface area contributed by atoms with Crippen molar-refractivity contribution in [2.45, 2.75) is 0 Å². The Morgan fingerprint density at radius 3 is 2.93 bits per heavy atom. The van der Waals surface area contributed by atoms with Crippen molar-refractivity contribution in [3.8, 4) is 17.0 Å². The number of ether oxygens (including phenoxy) is 1. The third-order valence-electron chi connectivity index (χ3n) is 1.81. The fraction of sp³-hybridized carbons (Fsp3) is 0.100. The van der Waals surface area contributed by atoms with Crippen LogP contribution < -0.4 is 4.74 Å². The van der Waals surface area contributed by atoms with E-state index in [-0.39, 0.29) is 0 Å². The Bertz CT molecular complexity index is 400. The summed E-state index contributed by atoms with van der Waals surface area (Å²) in [6.07, 6.45) is 2.81. The Kier molecular flexibility index (Phi) is 2.44. The number of halogens is 1. The van der Waals surface area contributed by atoms with E-state index in [2.05, 4.69) is 4.98 Å². The van der Waals surface area contributed by atoms with Crippen LogP contribution in [-0.2, 0) is 0 Å².